The van der Waals surface area contributed by atoms with Crippen molar-refractivity contribution < 1.29 is 74.1 Å². The summed E-state index contributed by atoms with van der Waals surface area (Å²) in [5.41, 5.74) is 0.328. The molecule has 9 N–H and O–H groups in total. The van der Waals surface area contributed by atoms with Crippen LogP contribution in [0.4, 0.5) is 0 Å². The highest BCUT2D eigenvalue weighted by molar-refractivity contribution is 5.88. The molecule has 0 radical (unpaired) electrons. The van der Waals surface area contributed by atoms with Gasteiger partial charge in [0.15, 0.2) is 23.9 Å². The molecule has 42 heavy (non-hydrogen) atoms. The van der Waals surface area contributed by atoms with E-state index in [4.69, 9.17) is 28.1 Å². The second-order valence-corrected chi connectivity index (χ2v) is 9.88. The van der Waals surface area contributed by atoms with Crippen LogP contribution in [0.2, 0.25) is 0 Å². The number of phenols is 3. The first-order valence-electron chi connectivity index (χ1n) is 12.8. The van der Waals surface area contributed by atoms with Crippen LogP contribution in [-0.2, 0) is 14.2 Å². The van der Waals surface area contributed by atoms with Gasteiger partial charge in [-0.05, 0) is 12.1 Å². The lowest BCUT2D eigenvalue weighted by atomic mass is 9.98. The van der Waals surface area contributed by atoms with Gasteiger partial charge in [0.1, 0.15) is 53.5 Å². The quantitative estimate of drug-likeness (QED) is 0.151. The molecule has 5 rings (SSSR count). The van der Waals surface area contributed by atoms with Crippen LogP contribution in [0.25, 0.3) is 22.3 Å². The molecule has 0 bridgehead atoms. The van der Waals surface area contributed by atoms with Gasteiger partial charge < -0.3 is 69.6 Å². The van der Waals surface area contributed by atoms with E-state index in [1.54, 1.807) is 0 Å². The SMILES string of the molecule is COc1cc(-c2[o+]c3cc(O)cc(O)c3cc2O[C@@H]2O[C@H](CO)[C@@H](O)[C@H](O)[C@H]2O[C@@H]2OC[C@@H](O)[C@H](O)[C@H]2O)ccc1O. The highest BCUT2D eigenvalue weighted by atomic mass is 16.8. The molecule has 2 aromatic carbocycles. The fraction of sp³-hybridized carbons (Fsp3) is 0.444. The number of ether oxygens (including phenoxy) is 5. The number of methoxy groups -OCH3 is 1. The summed E-state index contributed by atoms with van der Waals surface area (Å²) in [7, 11) is 1.33. The van der Waals surface area contributed by atoms with Crippen molar-refractivity contribution in [2.45, 2.75) is 55.3 Å². The zero-order valence-corrected chi connectivity index (χ0v) is 22.0. The van der Waals surface area contributed by atoms with Gasteiger partial charge in [-0.1, -0.05) is 0 Å². The fourth-order valence-electron chi connectivity index (χ4n) is 4.77. The van der Waals surface area contributed by atoms with Gasteiger partial charge >= 0.3 is 11.3 Å². The number of fused-ring (bicyclic) bond motifs is 1. The molecule has 0 unspecified atom stereocenters. The Labute approximate surface area is 237 Å². The molecule has 228 valence electrons. The van der Waals surface area contributed by atoms with Crippen LogP contribution in [-0.4, -0.2) is 122 Å². The van der Waals surface area contributed by atoms with Crippen LogP contribution in [0.3, 0.4) is 0 Å². The third-order valence-corrected chi connectivity index (χ3v) is 7.07. The second kappa shape index (κ2) is 12.0. The van der Waals surface area contributed by atoms with Crippen molar-refractivity contribution in [1.29, 1.82) is 0 Å². The summed E-state index contributed by atoms with van der Waals surface area (Å²) in [6.07, 6.45) is -14.4. The summed E-state index contributed by atoms with van der Waals surface area (Å²) < 4.78 is 33.9. The molecule has 3 heterocycles. The lowest BCUT2D eigenvalue weighted by Gasteiger charge is -2.44. The van der Waals surface area contributed by atoms with E-state index in [2.05, 4.69) is 0 Å². The predicted octanol–water partition coefficient (Wildman–Crippen LogP) is -0.852. The Hall–Kier alpha value is -3.51. The van der Waals surface area contributed by atoms with Crippen molar-refractivity contribution >= 4 is 11.0 Å². The third-order valence-electron chi connectivity index (χ3n) is 7.07. The van der Waals surface area contributed by atoms with Crippen LogP contribution in [0.1, 0.15) is 0 Å². The Kier molecular flexibility index (Phi) is 8.56. The zero-order chi connectivity index (χ0) is 30.3. The van der Waals surface area contributed by atoms with Crippen molar-refractivity contribution in [1.82, 2.24) is 0 Å². The number of aliphatic hydroxyl groups is 6. The van der Waals surface area contributed by atoms with Crippen molar-refractivity contribution in [2.75, 3.05) is 20.3 Å². The minimum absolute atomic E-state index is 0.0261. The molecular weight excluding hydrogens is 564 g/mol. The van der Waals surface area contributed by atoms with E-state index < -0.39 is 68.5 Å². The van der Waals surface area contributed by atoms with E-state index in [1.165, 1.54) is 37.4 Å². The van der Waals surface area contributed by atoms with Crippen LogP contribution in [0.15, 0.2) is 40.8 Å². The second-order valence-electron chi connectivity index (χ2n) is 9.88. The Morgan fingerprint density at radius 1 is 0.857 bits per heavy atom. The molecule has 9 atom stereocenters. The third kappa shape index (κ3) is 5.61. The molecule has 2 aliphatic rings. The first-order chi connectivity index (χ1) is 20.0. The summed E-state index contributed by atoms with van der Waals surface area (Å²) in [6, 6.07) is 7.84. The minimum atomic E-state index is -1.78. The highest BCUT2D eigenvalue weighted by Gasteiger charge is 2.50. The van der Waals surface area contributed by atoms with Gasteiger partial charge in [0, 0.05) is 18.2 Å². The van der Waals surface area contributed by atoms with Gasteiger partial charge in [-0.2, -0.15) is 0 Å². The predicted molar refractivity (Wildman–Crippen MR) is 139 cm³/mol. The zero-order valence-electron chi connectivity index (χ0n) is 22.0. The summed E-state index contributed by atoms with van der Waals surface area (Å²) in [4.78, 5) is 0. The molecular formula is C27H31O15+. The molecule has 0 saturated carbocycles. The van der Waals surface area contributed by atoms with Crippen LogP contribution < -0.4 is 9.47 Å². The maximum absolute atomic E-state index is 10.9. The molecule has 0 amide bonds. The average Bonchev–Trinajstić information content (AvgIpc) is 2.97. The first-order valence-corrected chi connectivity index (χ1v) is 12.8. The van der Waals surface area contributed by atoms with Gasteiger partial charge in [0.05, 0.1) is 32.0 Å². The molecule has 2 saturated heterocycles. The van der Waals surface area contributed by atoms with Crippen LogP contribution in [0, 0.1) is 0 Å². The Bertz CT molecular complexity index is 1420. The summed E-state index contributed by atoms with van der Waals surface area (Å²) in [6.45, 7) is -1.15. The van der Waals surface area contributed by atoms with E-state index in [0.29, 0.717) is 5.56 Å². The lowest BCUT2D eigenvalue weighted by molar-refractivity contribution is -0.344. The van der Waals surface area contributed by atoms with Crippen molar-refractivity contribution in [3.8, 4) is 40.1 Å². The number of phenolic OH excluding ortho intramolecular Hbond substituents is 3. The van der Waals surface area contributed by atoms with E-state index in [9.17, 15) is 46.0 Å². The smallest absolute Gasteiger partial charge is 0.402 e. The standard InChI is InChI=1S/C27H30O15/c1-37-17-4-10(2-3-13(17)30)24-18(7-12-14(31)5-11(29)6-16(12)39-24)40-27-25(22(35)21(34)19(8-28)41-27)42-26-23(36)20(33)15(32)9-38-26/h2-7,15,19-23,25-28,32-36H,8-9H2,1H3,(H2-,29,30,31)/p+1/t15-,19-,20+,21-,22+,23-,25-,26+,27-/m1/s1. The van der Waals surface area contributed by atoms with Gasteiger partial charge in [0.25, 0.3) is 0 Å². The van der Waals surface area contributed by atoms with E-state index in [1.807, 2.05) is 0 Å². The Morgan fingerprint density at radius 3 is 2.33 bits per heavy atom. The molecule has 15 nitrogen and oxygen atoms in total. The van der Waals surface area contributed by atoms with E-state index in [-0.39, 0.29) is 45.5 Å². The highest BCUT2D eigenvalue weighted by Crippen LogP contribution is 2.42. The summed E-state index contributed by atoms with van der Waals surface area (Å²) >= 11 is 0. The Balaban J connectivity index is 1.58. The van der Waals surface area contributed by atoms with Crippen LogP contribution in [0.5, 0.6) is 28.7 Å². The number of hydrogen-bond acceptors (Lipinski definition) is 14. The van der Waals surface area contributed by atoms with Crippen molar-refractivity contribution in [3.05, 3.63) is 36.4 Å². The molecule has 2 fully saturated rings. The first kappa shape index (κ1) is 30.0. The van der Waals surface area contributed by atoms with Gasteiger partial charge in [-0.25, -0.2) is 4.42 Å². The number of aromatic hydroxyl groups is 3. The van der Waals surface area contributed by atoms with E-state index >= 15 is 0 Å². The number of rotatable bonds is 7. The minimum Gasteiger partial charge on any atom is -0.507 e. The number of benzene rings is 2. The molecule has 3 aromatic rings. The normalized spacial score (nSPS) is 31.6. The van der Waals surface area contributed by atoms with Crippen molar-refractivity contribution in [3.63, 3.8) is 0 Å². The maximum Gasteiger partial charge on any atom is 0.402 e. The van der Waals surface area contributed by atoms with Crippen molar-refractivity contribution in [2.24, 2.45) is 0 Å². The number of hydrogen-bond donors (Lipinski definition) is 9. The van der Waals surface area contributed by atoms with Gasteiger partial charge in [-0.15, -0.1) is 0 Å². The summed E-state index contributed by atoms with van der Waals surface area (Å²) in [5.74, 6) is -0.925. The average molecular weight is 596 g/mol. The van der Waals surface area contributed by atoms with E-state index in [0.717, 1.165) is 6.07 Å². The molecule has 1 aromatic heterocycles. The lowest BCUT2D eigenvalue weighted by Crippen LogP contribution is -2.63. The summed E-state index contributed by atoms with van der Waals surface area (Å²) in [5, 5.41) is 92.1. The Morgan fingerprint density at radius 2 is 1.62 bits per heavy atom. The molecule has 2 aliphatic heterocycles. The largest absolute Gasteiger partial charge is 0.507 e. The topological polar surface area (TPSA) is 240 Å². The monoisotopic (exact) mass is 595 g/mol. The number of aliphatic hydroxyl groups excluding tert-OH is 6. The van der Waals surface area contributed by atoms with Gasteiger partial charge in [-0.3, -0.25) is 0 Å². The van der Waals surface area contributed by atoms with Gasteiger partial charge in [0.2, 0.25) is 12.0 Å². The molecule has 0 aliphatic carbocycles. The fourth-order valence-corrected chi connectivity index (χ4v) is 4.77. The maximum atomic E-state index is 10.9. The molecule has 0 spiro atoms. The molecule has 15 heteroatoms. The van der Waals surface area contributed by atoms with Crippen LogP contribution >= 0.6 is 0 Å².